The molecule has 120 valence electrons. The van der Waals surface area contributed by atoms with E-state index in [0.29, 0.717) is 25.3 Å². The van der Waals surface area contributed by atoms with E-state index >= 15 is 0 Å². The van der Waals surface area contributed by atoms with E-state index in [-0.39, 0.29) is 11.2 Å². The molecule has 1 aromatic carbocycles. The van der Waals surface area contributed by atoms with Crippen LogP contribution >= 0.6 is 0 Å². The second kappa shape index (κ2) is 7.71. The van der Waals surface area contributed by atoms with Crippen LogP contribution in [0.5, 0.6) is 0 Å². The van der Waals surface area contributed by atoms with Crippen molar-refractivity contribution in [3.05, 3.63) is 29.3 Å². The molecule has 0 aliphatic carbocycles. The summed E-state index contributed by atoms with van der Waals surface area (Å²) in [5, 5.41) is 3.22. The first-order valence-electron chi connectivity index (χ1n) is 7.17. The molecular weight excluding hydrogens is 274 g/mol. The Morgan fingerprint density at radius 3 is 2.24 bits per heavy atom. The van der Waals surface area contributed by atoms with Gasteiger partial charge in [-0.25, -0.2) is 8.78 Å². The standard InChI is InChI=1S/C16H26F2N2O/c1-16(2,3)19-11-12-9-13(17)15(14(18)10-12)20(4)7-6-8-21-5/h9-10,19H,6-8,11H2,1-5H3. The third-order valence-corrected chi connectivity index (χ3v) is 3.12. The van der Waals surface area contributed by atoms with Gasteiger partial charge >= 0.3 is 0 Å². The molecule has 0 heterocycles. The Balaban J connectivity index is 2.79. The predicted molar refractivity (Wildman–Crippen MR) is 82.7 cm³/mol. The fourth-order valence-electron chi connectivity index (χ4n) is 2.01. The molecule has 0 spiro atoms. The summed E-state index contributed by atoms with van der Waals surface area (Å²) in [5.41, 5.74) is 0.530. The maximum absolute atomic E-state index is 14.1. The van der Waals surface area contributed by atoms with Crippen LogP contribution in [0.4, 0.5) is 14.5 Å². The number of benzene rings is 1. The number of nitrogens with one attached hydrogen (secondary N) is 1. The lowest BCUT2D eigenvalue weighted by Crippen LogP contribution is -2.35. The highest BCUT2D eigenvalue weighted by Crippen LogP contribution is 2.24. The highest BCUT2D eigenvalue weighted by atomic mass is 19.1. The van der Waals surface area contributed by atoms with E-state index in [0.717, 1.165) is 6.42 Å². The van der Waals surface area contributed by atoms with Crippen LogP contribution in [0.15, 0.2) is 12.1 Å². The Labute approximate surface area is 126 Å². The summed E-state index contributed by atoms with van der Waals surface area (Å²) in [6, 6.07) is 2.79. The first-order valence-corrected chi connectivity index (χ1v) is 7.17. The smallest absolute Gasteiger partial charge is 0.149 e. The predicted octanol–water partition coefficient (Wildman–Crippen LogP) is 3.33. The van der Waals surface area contributed by atoms with E-state index in [4.69, 9.17) is 4.74 Å². The number of hydrogen-bond donors (Lipinski definition) is 1. The van der Waals surface area contributed by atoms with E-state index in [1.54, 1.807) is 19.1 Å². The van der Waals surface area contributed by atoms with Crippen LogP contribution in [0.3, 0.4) is 0 Å². The fourth-order valence-corrected chi connectivity index (χ4v) is 2.01. The Morgan fingerprint density at radius 1 is 1.19 bits per heavy atom. The summed E-state index contributed by atoms with van der Waals surface area (Å²) in [5.74, 6) is -1.05. The zero-order valence-corrected chi connectivity index (χ0v) is 13.6. The zero-order chi connectivity index (χ0) is 16.0. The fraction of sp³-hybridized carbons (Fsp3) is 0.625. The Kier molecular flexibility index (Phi) is 6.55. The van der Waals surface area contributed by atoms with Crippen molar-refractivity contribution in [1.82, 2.24) is 5.32 Å². The molecule has 0 amide bonds. The molecule has 1 rings (SSSR count). The summed E-state index contributed by atoms with van der Waals surface area (Å²) >= 11 is 0. The van der Waals surface area contributed by atoms with Crippen molar-refractivity contribution in [1.29, 1.82) is 0 Å². The van der Waals surface area contributed by atoms with Crippen molar-refractivity contribution in [2.45, 2.75) is 39.3 Å². The number of rotatable bonds is 7. The zero-order valence-electron chi connectivity index (χ0n) is 13.6. The number of ether oxygens (including phenoxy) is 1. The monoisotopic (exact) mass is 300 g/mol. The maximum atomic E-state index is 14.1. The molecule has 0 aliphatic rings. The number of hydrogen-bond acceptors (Lipinski definition) is 3. The second-order valence-corrected chi connectivity index (χ2v) is 6.28. The minimum absolute atomic E-state index is 0.0191. The van der Waals surface area contributed by atoms with Gasteiger partial charge in [-0.1, -0.05) is 0 Å². The largest absolute Gasteiger partial charge is 0.385 e. The Morgan fingerprint density at radius 2 is 1.76 bits per heavy atom. The molecule has 3 nitrogen and oxygen atoms in total. The molecule has 21 heavy (non-hydrogen) atoms. The molecule has 0 aromatic heterocycles. The number of nitrogens with zero attached hydrogens (tertiary/aromatic N) is 1. The van der Waals surface area contributed by atoms with Crippen molar-refractivity contribution in [3.63, 3.8) is 0 Å². The first-order chi connectivity index (χ1) is 9.74. The van der Waals surface area contributed by atoms with Crippen molar-refractivity contribution in [3.8, 4) is 0 Å². The lowest BCUT2D eigenvalue weighted by molar-refractivity contribution is 0.196. The van der Waals surface area contributed by atoms with Gasteiger partial charge in [-0.15, -0.1) is 0 Å². The average Bonchev–Trinajstić information content (AvgIpc) is 2.35. The van der Waals surface area contributed by atoms with Gasteiger partial charge < -0.3 is 15.0 Å². The molecule has 5 heteroatoms. The molecule has 1 aromatic rings. The molecule has 0 radical (unpaired) electrons. The minimum atomic E-state index is -0.527. The topological polar surface area (TPSA) is 24.5 Å². The van der Waals surface area contributed by atoms with Gasteiger partial charge in [0.15, 0.2) is 0 Å². The minimum Gasteiger partial charge on any atom is -0.385 e. The third kappa shape index (κ3) is 5.98. The molecule has 0 bridgehead atoms. The number of halogens is 2. The van der Waals surface area contributed by atoms with Crippen LogP contribution in [-0.4, -0.2) is 32.8 Å². The van der Waals surface area contributed by atoms with E-state index in [1.165, 1.54) is 12.1 Å². The van der Waals surface area contributed by atoms with Gasteiger partial charge in [-0.05, 0) is 44.9 Å². The van der Waals surface area contributed by atoms with E-state index < -0.39 is 11.6 Å². The molecule has 1 N–H and O–H groups in total. The summed E-state index contributed by atoms with van der Waals surface area (Å²) in [4.78, 5) is 1.59. The maximum Gasteiger partial charge on any atom is 0.149 e. The van der Waals surface area contributed by atoms with Crippen LogP contribution in [0.2, 0.25) is 0 Å². The van der Waals surface area contributed by atoms with Crippen molar-refractivity contribution in [2.75, 3.05) is 32.2 Å². The van der Waals surface area contributed by atoms with Crippen molar-refractivity contribution >= 4 is 5.69 Å². The van der Waals surface area contributed by atoms with E-state index in [1.807, 2.05) is 20.8 Å². The molecule has 0 fully saturated rings. The number of methoxy groups -OCH3 is 1. The highest BCUT2D eigenvalue weighted by molar-refractivity contribution is 5.50. The SMILES string of the molecule is COCCCN(C)c1c(F)cc(CNC(C)(C)C)cc1F. The molecule has 0 aliphatic heterocycles. The third-order valence-electron chi connectivity index (χ3n) is 3.12. The Bertz CT molecular complexity index is 435. The summed E-state index contributed by atoms with van der Waals surface area (Å²) in [7, 11) is 3.29. The van der Waals surface area contributed by atoms with Gasteiger partial charge in [-0.3, -0.25) is 0 Å². The van der Waals surface area contributed by atoms with Gasteiger partial charge in [0.25, 0.3) is 0 Å². The van der Waals surface area contributed by atoms with Gasteiger partial charge in [-0.2, -0.15) is 0 Å². The quantitative estimate of drug-likeness (QED) is 0.782. The van der Waals surface area contributed by atoms with Gasteiger partial charge in [0.2, 0.25) is 0 Å². The molecule has 0 saturated heterocycles. The van der Waals surface area contributed by atoms with E-state index in [9.17, 15) is 8.78 Å². The van der Waals surface area contributed by atoms with E-state index in [2.05, 4.69) is 5.32 Å². The first kappa shape index (κ1) is 17.9. The summed E-state index contributed by atoms with van der Waals surface area (Å²) in [6.07, 6.45) is 0.721. The number of anilines is 1. The Hall–Kier alpha value is -1.20. The van der Waals surface area contributed by atoms with Gasteiger partial charge in [0.05, 0.1) is 0 Å². The van der Waals surface area contributed by atoms with Crippen LogP contribution < -0.4 is 10.2 Å². The van der Waals surface area contributed by atoms with Crippen LogP contribution in [0.1, 0.15) is 32.8 Å². The highest BCUT2D eigenvalue weighted by Gasteiger charge is 2.16. The lowest BCUT2D eigenvalue weighted by Gasteiger charge is -2.23. The lowest BCUT2D eigenvalue weighted by atomic mass is 10.1. The average molecular weight is 300 g/mol. The molecule has 0 atom stereocenters. The second-order valence-electron chi connectivity index (χ2n) is 6.28. The normalized spacial score (nSPS) is 11.8. The van der Waals surface area contributed by atoms with Crippen LogP contribution in [-0.2, 0) is 11.3 Å². The van der Waals surface area contributed by atoms with Gasteiger partial charge in [0.1, 0.15) is 17.3 Å². The molecular formula is C16H26F2N2O. The molecule has 0 saturated carbocycles. The molecule has 0 unspecified atom stereocenters. The van der Waals surface area contributed by atoms with Crippen LogP contribution in [0.25, 0.3) is 0 Å². The van der Waals surface area contributed by atoms with Crippen molar-refractivity contribution < 1.29 is 13.5 Å². The summed E-state index contributed by atoms with van der Waals surface area (Å²) < 4.78 is 33.2. The van der Waals surface area contributed by atoms with Crippen LogP contribution in [0, 0.1) is 11.6 Å². The van der Waals surface area contributed by atoms with Gasteiger partial charge in [0, 0.05) is 39.4 Å². The van der Waals surface area contributed by atoms with Crippen molar-refractivity contribution in [2.24, 2.45) is 0 Å². The summed E-state index contributed by atoms with van der Waals surface area (Å²) in [6.45, 7) is 7.58.